The Morgan fingerprint density at radius 1 is 1.14 bits per heavy atom. The monoisotopic (exact) mass is 598 g/mol. The molecule has 36 heavy (non-hydrogen) atoms. The van der Waals surface area contributed by atoms with Crippen LogP contribution in [0.2, 0.25) is 36.3 Å². The van der Waals surface area contributed by atoms with Gasteiger partial charge in [-0.05, 0) is 57.7 Å². The highest BCUT2D eigenvalue weighted by Gasteiger charge is 2.52. The minimum atomic E-state index is -2.27. The summed E-state index contributed by atoms with van der Waals surface area (Å²) in [5, 5.41) is 4.16. The molecule has 1 fully saturated rings. The van der Waals surface area contributed by atoms with Crippen LogP contribution in [0.5, 0.6) is 0 Å². The normalized spacial score (nSPS) is 23.8. The molecular formula is C22H39BrN8O3Si2. The SMILES string of the molecule is CC(C)(C)[Si](C)(C)OCC1OC(n2c(Br)nc3c(N)ncnc32)C(N=[N+]=[N-])C1O[Si](C)(C)C(C)(C)C. The third-order valence-electron chi connectivity index (χ3n) is 7.86. The number of hydrogen-bond acceptors (Lipinski definition) is 8. The second-order valence-electron chi connectivity index (χ2n) is 12.4. The third kappa shape index (κ3) is 5.49. The number of hydrogen-bond donors (Lipinski definition) is 1. The highest BCUT2D eigenvalue weighted by atomic mass is 79.9. The van der Waals surface area contributed by atoms with Crippen LogP contribution in [0.15, 0.2) is 16.2 Å². The Bertz CT molecular complexity index is 1150. The summed E-state index contributed by atoms with van der Waals surface area (Å²) in [6.45, 7) is 22.2. The second-order valence-corrected chi connectivity index (χ2v) is 22.6. The summed E-state index contributed by atoms with van der Waals surface area (Å²) in [5.74, 6) is 0.254. The van der Waals surface area contributed by atoms with Gasteiger partial charge in [-0.1, -0.05) is 46.7 Å². The first-order valence-electron chi connectivity index (χ1n) is 12.1. The number of nitrogen functional groups attached to an aromatic ring is 1. The molecule has 0 aromatic carbocycles. The third-order valence-corrected chi connectivity index (χ3v) is 17.4. The Hall–Kier alpha value is -1.55. The summed E-state index contributed by atoms with van der Waals surface area (Å²) >= 11 is 3.52. The zero-order chi connectivity index (χ0) is 27.3. The second kappa shape index (κ2) is 9.97. The van der Waals surface area contributed by atoms with E-state index in [1.165, 1.54) is 6.33 Å². The largest absolute Gasteiger partial charge is 0.414 e. The van der Waals surface area contributed by atoms with Crippen molar-refractivity contribution in [3.63, 3.8) is 0 Å². The maximum atomic E-state index is 9.55. The van der Waals surface area contributed by atoms with Gasteiger partial charge >= 0.3 is 0 Å². The predicted molar refractivity (Wildman–Crippen MR) is 149 cm³/mol. The summed E-state index contributed by atoms with van der Waals surface area (Å²) in [6.07, 6.45) is -0.323. The predicted octanol–water partition coefficient (Wildman–Crippen LogP) is 6.16. The van der Waals surface area contributed by atoms with Crippen LogP contribution >= 0.6 is 15.9 Å². The zero-order valence-corrected chi connectivity index (χ0v) is 26.5. The number of anilines is 1. The van der Waals surface area contributed by atoms with Crippen LogP contribution in [0.3, 0.4) is 0 Å². The fourth-order valence-electron chi connectivity index (χ4n) is 3.54. The Labute approximate surface area is 223 Å². The number of aromatic nitrogens is 4. The number of halogens is 1. The van der Waals surface area contributed by atoms with Gasteiger partial charge in [0.25, 0.3) is 0 Å². The van der Waals surface area contributed by atoms with Gasteiger partial charge < -0.3 is 19.3 Å². The number of nitrogens with two attached hydrogens (primary N) is 1. The molecule has 200 valence electrons. The van der Waals surface area contributed by atoms with E-state index in [4.69, 9.17) is 19.3 Å². The molecule has 11 nitrogen and oxygen atoms in total. The summed E-state index contributed by atoms with van der Waals surface area (Å²) < 4.78 is 22.2. The van der Waals surface area contributed by atoms with E-state index in [9.17, 15) is 5.53 Å². The van der Waals surface area contributed by atoms with Crippen LogP contribution in [-0.4, -0.2) is 61.0 Å². The van der Waals surface area contributed by atoms with Crippen molar-refractivity contribution in [1.82, 2.24) is 19.5 Å². The number of imidazole rings is 1. The van der Waals surface area contributed by atoms with Crippen molar-refractivity contribution in [2.75, 3.05) is 12.3 Å². The quantitative estimate of drug-likeness (QED) is 0.132. The van der Waals surface area contributed by atoms with Crippen molar-refractivity contribution in [3.05, 3.63) is 21.5 Å². The molecule has 0 amide bonds. The van der Waals surface area contributed by atoms with E-state index >= 15 is 0 Å². The number of rotatable bonds is 7. The van der Waals surface area contributed by atoms with Crippen molar-refractivity contribution in [1.29, 1.82) is 0 Å². The molecule has 0 spiro atoms. The molecule has 1 aliphatic heterocycles. The molecule has 14 heteroatoms. The summed E-state index contributed by atoms with van der Waals surface area (Å²) in [6, 6.07) is -0.679. The number of nitrogens with zero attached hydrogens (tertiary/aromatic N) is 7. The molecule has 0 bridgehead atoms. The molecule has 3 rings (SSSR count). The molecule has 2 N–H and O–H groups in total. The fraction of sp³-hybridized carbons (Fsp3) is 0.773. The first-order valence-corrected chi connectivity index (χ1v) is 18.7. The molecule has 0 saturated carbocycles. The van der Waals surface area contributed by atoms with Crippen molar-refractivity contribution in [2.45, 2.75) is 102 Å². The van der Waals surface area contributed by atoms with Crippen LogP contribution in [0.1, 0.15) is 47.8 Å². The lowest BCUT2D eigenvalue weighted by atomic mass is 10.1. The molecule has 2 aromatic heterocycles. The molecular weight excluding hydrogens is 560 g/mol. The maximum Gasteiger partial charge on any atom is 0.192 e. The van der Waals surface area contributed by atoms with Gasteiger partial charge in [-0.2, -0.15) is 0 Å². The van der Waals surface area contributed by atoms with Gasteiger partial charge in [0.05, 0.1) is 12.7 Å². The average Bonchev–Trinajstić information content (AvgIpc) is 3.23. The maximum absolute atomic E-state index is 9.55. The molecule has 2 aromatic rings. The van der Waals surface area contributed by atoms with Crippen LogP contribution in [0, 0.1) is 0 Å². The van der Waals surface area contributed by atoms with E-state index < -0.39 is 41.1 Å². The minimum absolute atomic E-state index is 0.0308. The van der Waals surface area contributed by atoms with Crippen molar-refractivity contribution >= 4 is 49.5 Å². The van der Waals surface area contributed by atoms with Gasteiger partial charge in [-0.25, -0.2) is 15.0 Å². The number of azide groups is 1. The topological polar surface area (TPSA) is 146 Å². The first kappa shape index (κ1) is 29.0. The van der Waals surface area contributed by atoms with Crippen LogP contribution in [0.25, 0.3) is 21.6 Å². The van der Waals surface area contributed by atoms with E-state index in [0.717, 1.165) is 0 Å². The van der Waals surface area contributed by atoms with E-state index in [1.807, 2.05) is 0 Å². The minimum Gasteiger partial charge on any atom is -0.414 e. The fourth-order valence-corrected chi connectivity index (χ4v) is 6.43. The van der Waals surface area contributed by atoms with Gasteiger partial charge in [0.2, 0.25) is 0 Å². The van der Waals surface area contributed by atoms with Crippen LogP contribution < -0.4 is 5.73 Å². The van der Waals surface area contributed by atoms with Crippen molar-refractivity contribution in [3.8, 4) is 0 Å². The molecule has 0 aliphatic carbocycles. The molecule has 1 saturated heterocycles. The molecule has 4 unspecified atom stereocenters. The number of ether oxygens (including phenoxy) is 1. The molecule has 4 atom stereocenters. The molecule has 0 radical (unpaired) electrons. The lowest BCUT2D eigenvalue weighted by Crippen LogP contribution is -2.50. The average molecular weight is 600 g/mol. The van der Waals surface area contributed by atoms with Gasteiger partial charge in [0.15, 0.2) is 38.4 Å². The van der Waals surface area contributed by atoms with Gasteiger partial charge in [-0.3, -0.25) is 4.57 Å². The van der Waals surface area contributed by atoms with Gasteiger partial charge in [0.1, 0.15) is 24.7 Å². The number of fused-ring (bicyclic) bond motifs is 1. The van der Waals surface area contributed by atoms with Gasteiger partial charge in [0, 0.05) is 4.91 Å². The smallest absolute Gasteiger partial charge is 0.192 e. The summed E-state index contributed by atoms with van der Waals surface area (Å²) in [4.78, 5) is 16.1. The highest BCUT2D eigenvalue weighted by molar-refractivity contribution is 9.10. The highest BCUT2D eigenvalue weighted by Crippen LogP contribution is 2.44. The van der Waals surface area contributed by atoms with E-state index in [2.05, 4.69) is 109 Å². The standard InChI is InChI=1S/C22H39BrN8O3Si2/c1-21(2,3)35(7,8)32-11-13-16(34-36(9,10)22(4,5)6)14(29-30-25)19(33-13)31-18-15(28-20(31)23)17(24)26-12-27-18/h12-14,16,19H,11H2,1-10H3,(H2,24,26,27). The van der Waals surface area contributed by atoms with Crippen LogP contribution in [-0.2, 0) is 13.6 Å². The first-order chi connectivity index (χ1) is 16.4. The van der Waals surface area contributed by atoms with Crippen molar-refractivity contribution < 1.29 is 13.6 Å². The zero-order valence-electron chi connectivity index (χ0n) is 22.9. The molecule has 1 aliphatic rings. The lowest BCUT2D eigenvalue weighted by molar-refractivity contribution is -0.0397. The molecule has 3 heterocycles. The Kier molecular flexibility index (Phi) is 8.03. The Balaban J connectivity index is 2.09. The Morgan fingerprint density at radius 3 is 2.31 bits per heavy atom. The van der Waals surface area contributed by atoms with Crippen LogP contribution in [0.4, 0.5) is 5.82 Å². The Morgan fingerprint density at radius 2 is 1.75 bits per heavy atom. The summed E-state index contributed by atoms with van der Waals surface area (Å²) in [5.41, 5.74) is 16.5. The van der Waals surface area contributed by atoms with E-state index in [0.29, 0.717) is 22.5 Å². The van der Waals surface area contributed by atoms with Crippen molar-refractivity contribution in [2.24, 2.45) is 5.11 Å². The summed E-state index contributed by atoms with van der Waals surface area (Å²) in [7, 11) is -4.36. The van der Waals surface area contributed by atoms with E-state index in [-0.39, 0.29) is 15.9 Å². The van der Waals surface area contributed by atoms with Gasteiger partial charge in [-0.15, -0.1) is 0 Å². The van der Waals surface area contributed by atoms with E-state index in [1.54, 1.807) is 4.57 Å². The lowest BCUT2D eigenvalue weighted by Gasteiger charge is -2.41.